The summed E-state index contributed by atoms with van der Waals surface area (Å²) in [5.74, 6) is 1.44. The van der Waals surface area contributed by atoms with E-state index in [4.69, 9.17) is 19.1 Å². The Morgan fingerprint density at radius 1 is 0.309 bits per heavy atom. The van der Waals surface area contributed by atoms with Gasteiger partial charge in [-0.1, -0.05) is 224 Å². The fourth-order valence-corrected chi connectivity index (χ4v) is 9.69. The van der Waals surface area contributed by atoms with Crippen LogP contribution in [0.2, 0.25) is 0 Å². The van der Waals surface area contributed by atoms with E-state index < -0.39 is 18.1 Å². The first-order valence-electron chi connectivity index (χ1n) is 25.1. The fraction of sp³-hybridized carbons (Fsp3) is 0. The molecule has 0 fully saturated rings. The fourth-order valence-electron chi connectivity index (χ4n) is 9.69. The maximum absolute atomic E-state index is 9.31. The van der Waals surface area contributed by atoms with Crippen LogP contribution in [0.25, 0.3) is 123 Å². The topological polar surface area (TPSA) is 48.5 Å². The number of fused-ring (bicyclic) bond motifs is 7. The van der Waals surface area contributed by atoms with Crippen molar-refractivity contribution in [1.29, 1.82) is 0 Å². The smallest absolute Gasteiger partial charge is 0.238 e. The molecule has 0 spiro atoms. The number of para-hydroxylation sites is 2. The van der Waals surface area contributed by atoms with Crippen molar-refractivity contribution < 1.29 is 6.85 Å². The van der Waals surface area contributed by atoms with Crippen LogP contribution in [0.3, 0.4) is 0 Å². The standard InChI is InChI=1S/C63H41N5/c1-5-17-42(18-6-1)44-29-31-45(32-30-44)46-33-35-49(36-34-46)62-64-61(48-23-11-4-12-24-48)65-63(66-62)68-57-28-16-14-26-52(57)54-39-38-53-51-25-13-15-27-56(51)67(59(53)60(54)68)58-40-37-50(43-19-7-2-8-20-43)41-55(58)47-21-9-3-10-22-47/h1-41H/i3D,9D,10D,21D,22D. The second kappa shape index (κ2) is 16.4. The highest BCUT2D eigenvalue weighted by atomic mass is 15.2. The molecule has 0 saturated heterocycles. The Hall–Kier alpha value is -9.19. The van der Waals surface area contributed by atoms with Gasteiger partial charge < -0.3 is 4.57 Å². The Morgan fingerprint density at radius 2 is 0.721 bits per heavy atom. The summed E-state index contributed by atoms with van der Waals surface area (Å²) in [6.45, 7) is 0. The third-order valence-electron chi connectivity index (χ3n) is 12.9. The molecule has 5 nitrogen and oxygen atoms in total. The maximum atomic E-state index is 9.31. The Balaban J connectivity index is 1.08. The molecule has 0 radical (unpaired) electrons. The average Bonchev–Trinajstić information content (AvgIpc) is 3.98. The lowest BCUT2D eigenvalue weighted by Gasteiger charge is -2.17. The van der Waals surface area contributed by atoms with Gasteiger partial charge >= 0.3 is 0 Å². The van der Waals surface area contributed by atoms with Crippen molar-refractivity contribution in [3.05, 3.63) is 249 Å². The van der Waals surface area contributed by atoms with Crippen molar-refractivity contribution in [3.63, 3.8) is 0 Å². The zero-order valence-corrected chi connectivity index (χ0v) is 36.5. The van der Waals surface area contributed by atoms with E-state index in [1.807, 2.05) is 109 Å². The predicted molar refractivity (Wildman–Crippen MR) is 281 cm³/mol. The summed E-state index contributed by atoms with van der Waals surface area (Å²) in [7, 11) is 0. The van der Waals surface area contributed by atoms with Crippen molar-refractivity contribution in [1.82, 2.24) is 24.1 Å². The number of benzene rings is 10. The Kier molecular flexibility index (Phi) is 8.22. The van der Waals surface area contributed by atoms with Crippen LogP contribution in [0, 0.1) is 0 Å². The van der Waals surface area contributed by atoms with Crippen molar-refractivity contribution in [3.8, 4) is 78.9 Å². The molecule has 0 N–H and O–H groups in total. The van der Waals surface area contributed by atoms with Gasteiger partial charge in [0.1, 0.15) is 0 Å². The number of nitrogens with zero attached hydrogens (tertiary/aromatic N) is 5. The zero-order valence-electron chi connectivity index (χ0n) is 41.5. The van der Waals surface area contributed by atoms with Crippen molar-refractivity contribution >= 4 is 43.6 Å². The highest BCUT2D eigenvalue weighted by Crippen LogP contribution is 2.44. The minimum absolute atomic E-state index is 0.113. The van der Waals surface area contributed by atoms with Crippen LogP contribution in [0.5, 0.6) is 0 Å². The van der Waals surface area contributed by atoms with Gasteiger partial charge in [-0.25, -0.2) is 4.98 Å². The molecule has 0 aliphatic heterocycles. The third kappa shape index (κ3) is 6.68. The number of aromatic nitrogens is 5. The van der Waals surface area contributed by atoms with Gasteiger partial charge in [-0.3, -0.25) is 4.57 Å². The molecule has 0 saturated carbocycles. The van der Waals surface area contributed by atoms with Crippen LogP contribution in [0.15, 0.2) is 249 Å². The van der Waals surface area contributed by atoms with Crippen LogP contribution in [0.1, 0.15) is 6.85 Å². The lowest BCUT2D eigenvalue weighted by Crippen LogP contribution is -2.07. The summed E-state index contributed by atoms with van der Waals surface area (Å²) in [5, 5.41) is 3.89. The van der Waals surface area contributed by atoms with Gasteiger partial charge in [-0.15, -0.1) is 0 Å². The molecule has 0 aliphatic rings. The molecule has 13 rings (SSSR count). The van der Waals surface area contributed by atoms with Crippen molar-refractivity contribution in [2.24, 2.45) is 0 Å². The molecule has 3 aromatic heterocycles. The van der Waals surface area contributed by atoms with Gasteiger partial charge in [-0.2, -0.15) is 9.97 Å². The number of rotatable bonds is 8. The maximum Gasteiger partial charge on any atom is 0.238 e. The van der Waals surface area contributed by atoms with Crippen LogP contribution >= 0.6 is 0 Å². The first-order chi connectivity index (χ1) is 35.8. The summed E-state index contributed by atoms with van der Waals surface area (Å²) >= 11 is 0. The van der Waals surface area contributed by atoms with Crippen LogP contribution in [-0.2, 0) is 0 Å². The number of hydrogen-bond acceptors (Lipinski definition) is 3. The minimum Gasteiger partial charge on any atom is -0.307 e. The molecular weight excluding hydrogens is 827 g/mol. The van der Waals surface area contributed by atoms with E-state index in [0.717, 1.165) is 82.6 Å². The second-order valence-electron chi connectivity index (χ2n) is 16.8. The zero-order chi connectivity index (χ0) is 49.3. The molecule has 3 heterocycles. The molecule has 68 heavy (non-hydrogen) atoms. The molecule has 0 bridgehead atoms. The largest absolute Gasteiger partial charge is 0.307 e. The summed E-state index contributed by atoms with van der Waals surface area (Å²) in [4.78, 5) is 15.8. The summed E-state index contributed by atoms with van der Waals surface area (Å²) in [6.07, 6.45) is 0. The molecule has 0 aliphatic carbocycles. The van der Waals surface area contributed by atoms with E-state index in [1.54, 1.807) is 0 Å². The highest BCUT2D eigenvalue weighted by Gasteiger charge is 2.25. The molecular formula is C63H41N5. The lowest BCUT2D eigenvalue weighted by atomic mass is 9.97. The molecule has 318 valence electrons. The van der Waals surface area contributed by atoms with E-state index in [-0.39, 0.29) is 17.6 Å². The van der Waals surface area contributed by atoms with Gasteiger partial charge in [0.25, 0.3) is 0 Å². The molecule has 0 atom stereocenters. The lowest BCUT2D eigenvalue weighted by molar-refractivity contribution is 0.953. The van der Waals surface area contributed by atoms with Crippen molar-refractivity contribution in [2.75, 3.05) is 0 Å². The van der Waals surface area contributed by atoms with Gasteiger partial charge in [0.15, 0.2) is 11.6 Å². The van der Waals surface area contributed by atoms with Crippen LogP contribution < -0.4 is 0 Å². The molecule has 5 heteroatoms. The van der Waals surface area contributed by atoms with Crippen LogP contribution in [-0.4, -0.2) is 24.1 Å². The number of hydrogen-bond donors (Lipinski definition) is 0. The molecule has 13 aromatic rings. The monoisotopic (exact) mass is 872 g/mol. The summed E-state index contributed by atoms with van der Waals surface area (Å²) in [5.41, 5.74) is 12.6. The Bertz CT molecular complexity index is 4260. The quantitative estimate of drug-likeness (QED) is 0.153. The van der Waals surface area contributed by atoms with Crippen molar-refractivity contribution in [2.45, 2.75) is 0 Å². The van der Waals surface area contributed by atoms with E-state index in [9.17, 15) is 2.74 Å². The van der Waals surface area contributed by atoms with Gasteiger partial charge in [0.05, 0.1) is 34.6 Å². The third-order valence-corrected chi connectivity index (χ3v) is 12.9. The normalized spacial score (nSPS) is 12.6. The molecule has 0 amide bonds. The summed E-state index contributed by atoms with van der Waals surface area (Å²) in [6, 6.07) is 72.2. The molecule has 0 unspecified atom stereocenters. The summed E-state index contributed by atoms with van der Waals surface area (Å²) < 4.78 is 49.1. The van der Waals surface area contributed by atoms with Gasteiger partial charge in [0, 0.05) is 38.2 Å². The Morgan fingerprint density at radius 3 is 1.28 bits per heavy atom. The molecule has 10 aromatic carbocycles. The van der Waals surface area contributed by atoms with Crippen LogP contribution in [0.4, 0.5) is 0 Å². The first kappa shape index (κ1) is 34.2. The minimum atomic E-state index is -0.445. The first-order valence-corrected chi connectivity index (χ1v) is 22.6. The van der Waals surface area contributed by atoms with E-state index >= 15 is 0 Å². The highest BCUT2D eigenvalue weighted by molar-refractivity contribution is 6.24. The Labute approximate surface area is 400 Å². The van der Waals surface area contributed by atoms with Gasteiger partial charge in [0.2, 0.25) is 5.95 Å². The second-order valence-corrected chi connectivity index (χ2v) is 16.8. The van der Waals surface area contributed by atoms with Gasteiger partial charge in [-0.05, 0) is 63.2 Å². The van der Waals surface area contributed by atoms with E-state index in [0.29, 0.717) is 28.8 Å². The van der Waals surface area contributed by atoms with E-state index in [2.05, 4.69) is 118 Å². The SMILES string of the molecule is [2H]c1c([2H])c([2H])c(-c2cc(-c3ccccc3)ccc2-n2c3ccccc3c3ccc4c5ccccc5n(-c5nc(-c6ccccc6)nc(-c6ccc(-c7ccc(-c8ccccc8)cc7)cc6)n5)c4c32)c([2H])c1[2H]. The predicted octanol–water partition coefficient (Wildman–Crippen LogP) is 16.1. The average molecular weight is 873 g/mol. The van der Waals surface area contributed by atoms with E-state index in [1.165, 1.54) is 5.56 Å².